The molecular formula is C12H12ClN3OS. The molecule has 6 heteroatoms. The highest BCUT2D eigenvalue weighted by Gasteiger charge is 2.13. The van der Waals surface area contributed by atoms with Gasteiger partial charge in [-0.1, -0.05) is 25.4 Å². The molecule has 0 aliphatic rings. The summed E-state index contributed by atoms with van der Waals surface area (Å²) in [5, 5.41) is 5.60. The van der Waals surface area contributed by atoms with Crippen LogP contribution in [0.5, 0.6) is 0 Å². The van der Waals surface area contributed by atoms with Gasteiger partial charge >= 0.3 is 0 Å². The maximum atomic E-state index is 11.9. The first kappa shape index (κ1) is 13.0. The van der Waals surface area contributed by atoms with Crippen LogP contribution in [-0.4, -0.2) is 15.9 Å². The number of halogens is 1. The third-order valence-electron chi connectivity index (χ3n) is 2.35. The van der Waals surface area contributed by atoms with E-state index in [-0.39, 0.29) is 5.91 Å². The van der Waals surface area contributed by atoms with Gasteiger partial charge in [-0.3, -0.25) is 15.1 Å². The molecule has 2 aromatic heterocycles. The molecule has 2 aromatic rings. The van der Waals surface area contributed by atoms with Crippen LogP contribution in [0.25, 0.3) is 0 Å². The zero-order valence-electron chi connectivity index (χ0n) is 9.98. The first-order valence-electron chi connectivity index (χ1n) is 5.44. The van der Waals surface area contributed by atoms with Crippen LogP contribution in [0, 0.1) is 0 Å². The standard InChI is InChI=1S/C12H12ClN3OS/c1-7(2)10-6-18-12(15-10)16-11(17)8-5-14-4-3-9(8)13/h3-7H,1-2H3,(H,15,16,17). The summed E-state index contributed by atoms with van der Waals surface area (Å²) >= 11 is 7.32. The van der Waals surface area contributed by atoms with Crippen LogP contribution < -0.4 is 5.32 Å². The minimum atomic E-state index is -0.294. The highest BCUT2D eigenvalue weighted by molar-refractivity contribution is 7.14. The van der Waals surface area contributed by atoms with Crippen LogP contribution in [0.4, 0.5) is 5.13 Å². The van der Waals surface area contributed by atoms with Crippen molar-refractivity contribution in [3.8, 4) is 0 Å². The second-order valence-electron chi connectivity index (χ2n) is 4.04. The van der Waals surface area contributed by atoms with Gasteiger partial charge < -0.3 is 0 Å². The fourth-order valence-electron chi connectivity index (χ4n) is 1.32. The fourth-order valence-corrected chi connectivity index (χ4v) is 2.38. The van der Waals surface area contributed by atoms with E-state index in [2.05, 4.69) is 29.1 Å². The largest absolute Gasteiger partial charge is 0.298 e. The van der Waals surface area contributed by atoms with E-state index in [1.165, 1.54) is 17.5 Å². The van der Waals surface area contributed by atoms with E-state index in [0.717, 1.165) is 5.69 Å². The van der Waals surface area contributed by atoms with E-state index in [1.54, 1.807) is 12.3 Å². The smallest absolute Gasteiger partial charge is 0.260 e. The topological polar surface area (TPSA) is 54.9 Å². The highest BCUT2D eigenvalue weighted by atomic mass is 35.5. The lowest BCUT2D eigenvalue weighted by molar-refractivity contribution is 0.102. The van der Waals surface area contributed by atoms with Crippen LogP contribution in [0.1, 0.15) is 35.8 Å². The van der Waals surface area contributed by atoms with Gasteiger partial charge in [0, 0.05) is 17.8 Å². The van der Waals surface area contributed by atoms with Gasteiger partial charge in [-0.05, 0) is 12.0 Å². The van der Waals surface area contributed by atoms with Gasteiger partial charge in [0.1, 0.15) is 0 Å². The van der Waals surface area contributed by atoms with Crippen LogP contribution in [-0.2, 0) is 0 Å². The molecule has 4 nitrogen and oxygen atoms in total. The molecule has 2 heterocycles. The molecule has 1 N–H and O–H groups in total. The van der Waals surface area contributed by atoms with Crippen molar-refractivity contribution in [2.24, 2.45) is 0 Å². The highest BCUT2D eigenvalue weighted by Crippen LogP contribution is 2.22. The Morgan fingerprint density at radius 2 is 2.28 bits per heavy atom. The molecule has 0 saturated carbocycles. The minimum absolute atomic E-state index is 0.294. The Hall–Kier alpha value is -1.46. The van der Waals surface area contributed by atoms with Crippen LogP contribution >= 0.6 is 22.9 Å². The molecule has 0 spiro atoms. The maximum Gasteiger partial charge on any atom is 0.260 e. The summed E-state index contributed by atoms with van der Waals surface area (Å²) < 4.78 is 0. The minimum Gasteiger partial charge on any atom is -0.298 e. The number of carbonyl (C=O) groups excluding carboxylic acids is 1. The third kappa shape index (κ3) is 2.86. The number of rotatable bonds is 3. The summed E-state index contributed by atoms with van der Waals surface area (Å²) in [7, 11) is 0. The molecule has 0 aliphatic heterocycles. The molecule has 0 saturated heterocycles. The zero-order chi connectivity index (χ0) is 13.1. The summed E-state index contributed by atoms with van der Waals surface area (Å²) in [6, 6.07) is 1.58. The average molecular weight is 282 g/mol. The Balaban J connectivity index is 2.14. The van der Waals surface area contributed by atoms with Crippen LogP contribution in [0.2, 0.25) is 5.02 Å². The number of nitrogens with zero attached hydrogens (tertiary/aromatic N) is 2. The molecule has 1 amide bonds. The lowest BCUT2D eigenvalue weighted by atomic mass is 10.2. The second-order valence-corrected chi connectivity index (χ2v) is 5.31. The number of nitrogens with one attached hydrogen (secondary N) is 1. The Labute approximate surface area is 114 Å². The SMILES string of the molecule is CC(C)c1csc(NC(=O)c2cnccc2Cl)n1. The number of aromatic nitrogens is 2. The number of anilines is 1. The summed E-state index contributed by atoms with van der Waals surface area (Å²) in [5.74, 6) is 0.0478. The van der Waals surface area contributed by atoms with E-state index in [0.29, 0.717) is 21.6 Å². The van der Waals surface area contributed by atoms with Crippen molar-refractivity contribution in [2.75, 3.05) is 5.32 Å². The molecule has 0 fully saturated rings. The molecule has 18 heavy (non-hydrogen) atoms. The maximum absolute atomic E-state index is 11.9. The molecule has 0 aromatic carbocycles. The zero-order valence-corrected chi connectivity index (χ0v) is 11.5. The van der Waals surface area contributed by atoms with Gasteiger partial charge in [-0.15, -0.1) is 11.3 Å². The fraction of sp³-hybridized carbons (Fsp3) is 0.250. The summed E-state index contributed by atoms with van der Waals surface area (Å²) in [5.41, 5.74) is 1.31. The first-order chi connectivity index (χ1) is 8.58. The molecule has 2 rings (SSSR count). The van der Waals surface area contributed by atoms with Gasteiger partial charge in [0.2, 0.25) is 0 Å². The van der Waals surface area contributed by atoms with E-state index < -0.39 is 0 Å². The van der Waals surface area contributed by atoms with Crippen molar-refractivity contribution in [3.63, 3.8) is 0 Å². The van der Waals surface area contributed by atoms with Crippen LogP contribution in [0.15, 0.2) is 23.8 Å². The van der Waals surface area contributed by atoms with Crippen molar-refractivity contribution in [1.82, 2.24) is 9.97 Å². The van der Waals surface area contributed by atoms with Crippen molar-refractivity contribution >= 4 is 34.0 Å². The Morgan fingerprint density at radius 3 is 2.89 bits per heavy atom. The number of amides is 1. The lowest BCUT2D eigenvalue weighted by Crippen LogP contribution is -2.12. The quantitative estimate of drug-likeness (QED) is 0.936. The monoisotopic (exact) mass is 281 g/mol. The lowest BCUT2D eigenvalue weighted by Gasteiger charge is -2.03. The van der Waals surface area contributed by atoms with Gasteiger partial charge in [0.25, 0.3) is 5.91 Å². The predicted octanol–water partition coefficient (Wildman–Crippen LogP) is 3.57. The van der Waals surface area contributed by atoms with Gasteiger partial charge in [0.15, 0.2) is 5.13 Å². The molecule has 0 aliphatic carbocycles. The second kappa shape index (κ2) is 5.46. The molecule has 0 unspecified atom stereocenters. The van der Waals surface area contributed by atoms with Crippen molar-refractivity contribution < 1.29 is 4.79 Å². The number of hydrogen-bond acceptors (Lipinski definition) is 4. The van der Waals surface area contributed by atoms with Crippen molar-refractivity contribution in [1.29, 1.82) is 0 Å². The van der Waals surface area contributed by atoms with Gasteiger partial charge in [0.05, 0.1) is 16.3 Å². The molecule has 0 atom stereocenters. The van der Waals surface area contributed by atoms with E-state index >= 15 is 0 Å². The number of hydrogen-bond donors (Lipinski definition) is 1. The summed E-state index contributed by atoms with van der Waals surface area (Å²) in [6.07, 6.45) is 2.98. The first-order valence-corrected chi connectivity index (χ1v) is 6.70. The van der Waals surface area contributed by atoms with E-state index in [4.69, 9.17) is 11.6 Å². The third-order valence-corrected chi connectivity index (χ3v) is 3.45. The summed E-state index contributed by atoms with van der Waals surface area (Å²) in [6.45, 7) is 4.11. The molecule has 0 radical (unpaired) electrons. The Kier molecular flexibility index (Phi) is 3.93. The Bertz CT molecular complexity index is 568. The van der Waals surface area contributed by atoms with Gasteiger partial charge in [-0.25, -0.2) is 4.98 Å². The van der Waals surface area contributed by atoms with Gasteiger partial charge in [-0.2, -0.15) is 0 Å². The Morgan fingerprint density at radius 1 is 1.50 bits per heavy atom. The molecule has 94 valence electrons. The summed E-state index contributed by atoms with van der Waals surface area (Å²) in [4.78, 5) is 20.2. The number of carbonyl (C=O) groups is 1. The predicted molar refractivity (Wildman–Crippen MR) is 73.4 cm³/mol. The van der Waals surface area contributed by atoms with Crippen LogP contribution in [0.3, 0.4) is 0 Å². The molecular weight excluding hydrogens is 270 g/mol. The van der Waals surface area contributed by atoms with E-state index in [9.17, 15) is 4.79 Å². The normalized spacial score (nSPS) is 10.7. The molecule has 0 bridgehead atoms. The average Bonchev–Trinajstić information content (AvgIpc) is 2.78. The number of pyridine rings is 1. The van der Waals surface area contributed by atoms with Crippen molar-refractivity contribution in [2.45, 2.75) is 19.8 Å². The van der Waals surface area contributed by atoms with Crippen molar-refractivity contribution in [3.05, 3.63) is 40.1 Å². The van der Waals surface area contributed by atoms with E-state index in [1.807, 2.05) is 5.38 Å². The number of thiazole rings is 1.